The van der Waals surface area contributed by atoms with E-state index in [0.29, 0.717) is 24.8 Å². The van der Waals surface area contributed by atoms with E-state index < -0.39 is 0 Å². The van der Waals surface area contributed by atoms with E-state index in [9.17, 15) is 0 Å². The molecule has 0 saturated carbocycles. The topological polar surface area (TPSA) is 55.5 Å². The van der Waals surface area contributed by atoms with Gasteiger partial charge in [0.25, 0.3) is 0 Å². The summed E-state index contributed by atoms with van der Waals surface area (Å²) in [5.74, 6) is 2.18. The van der Waals surface area contributed by atoms with E-state index in [-0.39, 0.29) is 0 Å². The van der Waals surface area contributed by atoms with Crippen molar-refractivity contribution in [1.82, 2.24) is 14.5 Å². The standard InChI is InChI=1S/C21H14ClN5O/c22-14-2-1-3-15(11-14)26-7-6-13-10-16(4-5-17(13)26)27-8-9-28-21-18-19(23-12-24-21)25-20(18)27/h1-7,10-12H,8-9H2. The Bertz CT molecular complexity index is 1280. The second kappa shape index (κ2) is 5.81. The molecule has 6 nitrogen and oxygen atoms in total. The summed E-state index contributed by atoms with van der Waals surface area (Å²) in [6, 6.07) is 16.4. The SMILES string of the molecule is Clc1cccc(-n2ccc3cc(N4CCOc5ncnc6c5C4=N6)ccc32)c1. The lowest BCUT2D eigenvalue weighted by atomic mass is 10.1. The third-order valence-corrected chi connectivity index (χ3v) is 5.34. The molecular weight excluding hydrogens is 374 g/mol. The highest BCUT2D eigenvalue weighted by Gasteiger charge is 2.33. The van der Waals surface area contributed by atoms with Crippen LogP contribution in [0.2, 0.25) is 5.02 Å². The predicted octanol–water partition coefficient (Wildman–Crippen LogP) is 4.36. The Balaban J connectivity index is 1.42. The molecule has 0 saturated heterocycles. The van der Waals surface area contributed by atoms with Gasteiger partial charge in [0.1, 0.15) is 18.5 Å². The number of nitrogens with zero attached hydrogens (tertiary/aromatic N) is 5. The van der Waals surface area contributed by atoms with Crippen LogP contribution in [0.3, 0.4) is 0 Å². The van der Waals surface area contributed by atoms with Crippen molar-refractivity contribution in [2.75, 3.05) is 18.1 Å². The highest BCUT2D eigenvalue weighted by Crippen LogP contribution is 2.38. The summed E-state index contributed by atoms with van der Waals surface area (Å²) in [4.78, 5) is 15.2. The molecule has 4 heterocycles. The fourth-order valence-electron chi connectivity index (χ4n) is 3.79. The van der Waals surface area contributed by atoms with Crippen molar-refractivity contribution in [3.63, 3.8) is 0 Å². The molecule has 0 N–H and O–H groups in total. The van der Waals surface area contributed by atoms with Crippen LogP contribution in [-0.2, 0) is 0 Å². The normalized spacial score (nSPS) is 14.8. The molecule has 0 spiro atoms. The molecule has 0 amide bonds. The Morgan fingerprint density at radius 1 is 1.00 bits per heavy atom. The van der Waals surface area contributed by atoms with Crippen LogP contribution in [-0.4, -0.2) is 33.5 Å². The predicted molar refractivity (Wildman–Crippen MR) is 109 cm³/mol. The van der Waals surface area contributed by atoms with Crippen molar-refractivity contribution < 1.29 is 4.74 Å². The lowest BCUT2D eigenvalue weighted by molar-refractivity contribution is 0.319. The Labute approximate surface area is 165 Å². The van der Waals surface area contributed by atoms with Gasteiger partial charge in [-0.2, -0.15) is 0 Å². The Hall–Kier alpha value is -3.38. The van der Waals surface area contributed by atoms with Crippen LogP contribution in [0.25, 0.3) is 16.6 Å². The van der Waals surface area contributed by atoms with Crippen molar-refractivity contribution >= 4 is 39.8 Å². The van der Waals surface area contributed by atoms with E-state index >= 15 is 0 Å². The fraction of sp³-hybridized carbons (Fsp3) is 0.0952. The molecule has 0 aliphatic carbocycles. The molecule has 4 aromatic rings. The largest absolute Gasteiger partial charge is 0.475 e. The van der Waals surface area contributed by atoms with Gasteiger partial charge in [-0.15, -0.1) is 0 Å². The number of amidine groups is 1. The average molecular weight is 388 g/mol. The molecule has 0 bridgehead atoms. The third kappa shape index (κ3) is 2.25. The maximum Gasteiger partial charge on any atom is 0.230 e. The third-order valence-electron chi connectivity index (χ3n) is 5.11. The van der Waals surface area contributed by atoms with E-state index in [0.717, 1.165) is 38.7 Å². The highest BCUT2D eigenvalue weighted by atomic mass is 35.5. The molecule has 136 valence electrons. The second-order valence-electron chi connectivity index (χ2n) is 6.72. The smallest absolute Gasteiger partial charge is 0.230 e. The van der Waals surface area contributed by atoms with Crippen molar-refractivity contribution in [3.8, 4) is 11.6 Å². The molecule has 0 fully saturated rings. The first-order chi connectivity index (χ1) is 13.8. The summed E-state index contributed by atoms with van der Waals surface area (Å²) < 4.78 is 7.92. The first kappa shape index (κ1) is 15.7. The second-order valence-corrected chi connectivity index (χ2v) is 7.16. The quantitative estimate of drug-likeness (QED) is 0.512. The molecule has 0 unspecified atom stereocenters. The number of halogens is 1. The molecule has 2 aliphatic rings. The van der Waals surface area contributed by atoms with Crippen molar-refractivity contribution in [2.45, 2.75) is 0 Å². The van der Waals surface area contributed by atoms with Gasteiger partial charge in [0, 0.05) is 28.0 Å². The van der Waals surface area contributed by atoms with Gasteiger partial charge in [-0.05, 0) is 42.5 Å². The molecule has 2 aromatic heterocycles. The minimum absolute atomic E-state index is 0.546. The van der Waals surface area contributed by atoms with Crippen molar-refractivity contribution in [2.24, 2.45) is 4.99 Å². The van der Waals surface area contributed by atoms with Crippen LogP contribution in [0.4, 0.5) is 11.5 Å². The molecular formula is C21H14ClN5O. The molecule has 6 rings (SSSR count). The fourth-order valence-corrected chi connectivity index (χ4v) is 3.97. The Kier molecular flexibility index (Phi) is 3.25. The number of ether oxygens (including phenoxy) is 1. The Morgan fingerprint density at radius 2 is 1.96 bits per heavy atom. The van der Waals surface area contributed by atoms with Gasteiger partial charge in [-0.25, -0.2) is 15.0 Å². The minimum atomic E-state index is 0.546. The van der Waals surface area contributed by atoms with Crippen LogP contribution in [0.1, 0.15) is 5.56 Å². The first-order valence-electron chi connectivity index (χ1n) is 8.99. The monoisotopic (exact) mass is 387 g/mol. The van der Waals surface area contributed by atoms with Gasteiger partial charge in [0.05, 0.1) is 12.1 Å². The van der Waals surface area contributed by atoms with Crippen LogP contribution >= 0.6 is 11.6 Å². The molecule has 0 atom stereocenters. The van der Waals surface area contributed by atoms with Gasteiger partial charge < -0.3 is 14.2 Å². The van der Waals surface area contributed by atoms with Gasteiger partial charge in [0.15, 0.2) is 11.7 Å². The summed E-state index contributed by atoms with van der Waals surface area (Å²) in [7, 11) is 0. The van der Waals surface area contributed by atoms with Crippen LogP contribution in [0.15, 0.2) is 66.0 Å². The van der Waals surface area contributed by atoms with E-state index in [1.165, 1.54) is 6.33 Å². The zero-order chi connectivity index (χ0) is 18.7. The summed E-state index contributed by atoms with van der Waals surface area (Å²) >= 11 is 6.16. The number of benzene rings is 2. The zero-order valence-electron chi connectivity index (χ0n) is 14.7. The minimum Gasteiger partial charge on any atom is -0.475 e. The number of hydrogen-bond donors (Lipinski definition) is 0. The first-order valence-corrected chi connectivity index (χ1v) is 9.37. The van der Waals surface area contributed by atoms with Crippen LogP contribution in [0.5, 0.6) is 5.88 Å². The van der Waals surface area contributed by atoms with Gasteiger partial charge >= 0.3 is 0 Å². The van der Waals surface area contributed by atoms with Crippen molar-refractivity contribution in [3.05, 3.63) is 71.6 Å². The van der Waals surface area contributed by atoms with Crippen LogP contribution < -0.4 is 9.64 Å². The number of aromatic nitrogens is 3. The highest BCUT2D eigenvalue weighted by molar-refractivity contribution is 6.30. The number of fused-ring (bicyclic) bond motifs is 1. The number of aliphatic imine (C=N–C) groups is 1. The van der Waals surface area contributed by atoms with Crippen LogP contribution in [0, 0.1) is 0 Å². The van der Waals surface area contributed by atoms with E-state index in [2.05, 4.69) is 54.9 Å². The number of hydrogen-bond acceptors (Lipinski definition) is 5. The maximum absolute atomic E-state index is 6.16. The molecule has 7 heteroatoms. The van der Waals surface area contributed by atoms with E-state index in [1.54, 1.807) is 0 Å². The summed E-state index contributed by atoms with van der Waals surface area (Å²) in [6.07, 6.45) is 3.56. The summed E-state index contributed by atoms with van der Waals surface area (Å²) in [6.45, 7) is 1.25. The van der Waals surface area contributed by atoms with E-state index in [1.807, 2.05) is 24.3 Å². The lowest BCUT2D eigenvalue weighted by Gasteiger charge is -2.28. The molecule has 2 aromatic carbocycles. The molecule has 0 radical (unpaired) electrons. The van der Waals surface area contributed by atoms with Gasteiger partial charge in [0.2, 0.25) is 5.88 Å². The zero-order valence-corrected chi connectivity index (χ0v) is 15.5. The average Bonchev–Trinajstić information content (AvgIpc) is 3.02. The number of anilines is 1. The van der Waals surface area contributed by atoms with E-state index in [4.69, 9.17) is 16.3 Å². The summed E-state index contributed by atoms with van der Waals surface area (Å²) in [5.41, 5.74) is 4.13. The lowest BCUT2D eigenvalue weighted by Crippen LogP contribution is -2.35. The molecule has 28 heavy (non-hydrogen) atoms. The Morgan fingerprint density at radius 3 is 2.89 bits per heavy atom. The summed E-state index contributed by atoms with van der Waals surface area (Å²) in [5, 5.41) is 1.87. The van der Waals surface area contributed by atoms with Gasteiger partial charge in [-0.1, -0.05) is 17.7 Å². The number of rotatable bonds is 2. The van der Waals surface area contributed by atoms with Crippen molar-refractivity contribution in [1.29, 1.82) is 0 Å². The van der Waals surface area contributed by atoms with Gasteiger partial charge in [-0.3, -0.25) is 0 Å². The molecule has 2 aliphatic heterocycles. The maximum atomic E-state index is 6.16.